The van der Waals surface area contributed by atoms with E-state index in [-0.39, 0.29) is 24.5 Å². The fourth-order valence-corrected chi connectivity index (χ4v) is 3.00. The van der Waals surface area contributed by atoms with Gasteiger partial charge in [-0.1, -0.05) is 31.2 Å². The molecular formula is C20H28N2O3. The molecule has 0 aliphatic carbocycles. The number of likely N-dealkylation sites (tertiary alicyclic amines) is 1. The number of carbonyl (C=O) groups excluding carboxylic acids is 2. The molecule has 1 aromatic carbocycles. The van der Waals surface area contributed by atoms with Crippen LogP contribution in [0.5, 0.6) is 5.75 Å². The number of allylic oxidation sites excluding steroid dienone is 1. The first-order valence-corrected chi connectivity index (χ1v) is 9.05. The zero-order valence-corrected chi connectivity index (χ0v) is 15.0. The lowest BCUT2D eigenvalue weighted by Gasteiger charge is -2.21. The fourth-order valence-electron chi connectivity index (χ4n) is 3.00. The molecule has 1 saturated heterocycles. The molecule has 136 valence electrons. The number of carbonyl (C=O) groups is 2. The van der Waals surface area contributed by atoms with Gasteiger partial charge >= 0.3 is 0 Å². The molecule has 1 aromatic rings. The van der Waals surface area contributed by atoms with E-state index in [9.17, 15) is 9.59 Å². The predicted molar refractivity (Wildman–Crippen MR) is 98.4 cm³/mol. The van der Waals surface area contributed by atoms with Gasteiger partial charge in [-0.2, -0.15) is 0 Å². The second-order valence-electron chi connectivity index (χ2n) is 6.27. The molecule has 25 heavy (non-hydrogen) atoms. The van der Waals surface area contributed by atoms with Crippen molar-refractivity contribution in [2.24, 2.45) is 0 Å². The molecule has 0 unspecified atom stereocenters. The molecule has 0 spiro atoms. The van der Waals surface area contributed by atoms with E-state index in [0.29, 0.717) is 18.6 Å². The summed E-state index contributed by atoms with van der Waals surface area (Å²) in [6.45, 7) is 7.34. The van der Waals surface area contributed by atoms with E-state index in [4.69, 9.17) is 4.74 Å². The Kier molecular flexibility index (Phi) is 7.51. The van der Waals surface area contributed by atoms with Crippen LogP contribution < -0.4 is 10.1 Å². The van der Waals surface area contributed by atoms with Crippen molar-refractivity contribution in [3.8, 4) is 5.75 Å². The molecule has 1 heterocycles. The number of amides is 2. The van der Waals surface area contributed by atoms with Gasteiger partial charge in [0.2, 0.25) is 5.91 Å². The second kappa shape index (κ2) is 9.87. The summed E-state index contributed by atoms with van der Waals surface area (Å²) in [4.78, 5) is 26.1. The van der Waals surface area contributed by atoms with Crippen molar-refractivity contribution in [3.63, 3.8) is 0 Å². The van der Waals surface area contributed by atoms with Gasteiger partial charge in [0.1, 0.15) is 5.75 Å². The molecule has 2 rings (SSSR count). The Balaban J connectivity index is 2.00. The van der Waals surface area contributed by atoms with Crippen molar-refractivity contribution in [1.29, 1.82) is 0 Å². The Morgan fingerprint density at radius 1 is 1.32 bits per heavy atom. The Morgan fingerprint density at radius 3 is 2.72 bits per heavy atom. The smallest absolute Gasteiger partial charge is 0.260 e. The Bertz CT molecular complexity index is 594. The Morgan fingerprint density at radius 2 is 2.04 bits per heavy atom. The first kappa shape index (κ1) is 19.0. The molecule has 2 amide bonds. The van der Waals surface area contributed by atoms with Crippen LogP contribution in [0.25, 0.3) is 0 Å². The molecule has 1 aliphatic rings. The molecule has 1 atom stereocenters. The normalized spacial score (nSPS) is 14.8. The number of nitrogens with one attached hydrogen (secondary N) is 1. The minimum absolute atomic E-state index is 0.00491. The summed E-state index contributed by atoms with van der Waals surface area (Å²) < 4.78 is 5.80. The van der Waals surface area contributed by atoms with Crippen molar-refractivity contribution in [2.75, 3.05) is 19.7 Å². The number of nitrogens with zero attached hydrogens (tertiary/aromatic N) is 1. The van der Waals surface area contributed by atoms with Gasteiger partial charge in [-0.15, -0.1) is 6.58 Å². The molecule has 1 fully saturated rings. The molecule has 0 aromatic heterocycles. The number of hydrogen-bond donors (Lipinski definition) is 1. The molecular weight excluding hydrogens is 316 g/mol. The highest BCUT2D eigenvalue weighted by atomic mass is 16.5. The van der Waals surface area contributed by atoms with Gasteiger partial charge in [-0.05, 0) is 31.7 Å². The van der Waals surface area contributed by atoms with Crippen LogP contribution in [0.15, 0.2) is 36.9 Å². The number of hydrogen-bond acceptors (Lipinski definition) is 3. The number of ether oxygens (including phenoxy) is 1. The molecule has 0 radical (unpaired) electrons. The standard InChI is InChI=1S/C20H28N2O3/c1-3-5-12-19(23)21-17(4-2)16-10-6-7-11-18(16)25-15-20(24)22-13-8-9-14-22/h3,6-7,10-11,17H,1,4-5,8-9,12-15H2,2H3,(H,21,23)/t17-/m0/s1. The third-order valence-electron chi connectivity index (χ3n) is 4.42. The van der Waals surface area contributed by atoms with Gasteiger partial charge in [0, 0.05) is 25.1 Å². The lowest BCUT2D eigenvalue weighted by molar-refractivity contribution is -0.132. The first-order valence-electron chi connectivity index (χ1n) is 9.05. The molecule has 5 nitrogen and oxygen atoms in total. The predicted octanol–water partition coefficient (Wildman–Crippen LogP) is 3.22. The van der Waals surface area contributed by atoms with Gasteiger partial charge in [0.25, 0.3) is 5.91 Å². The van der Waals surface area contributed by atoms with Crippen LogP contribution in [-0.2, 0) is 9.59 Å². The van der Waals surface area contributed by atoms with E-state index >= 15 is 0 Å². The largest absolute Gasteiger partial charge is 0.483 e. The van der Waals surface area contributed by atoms with Crippen LogP contribution in [0.2, 0.25) is 0 Å². The summed E-state index contributed by atoms with van der Waals surface area (Å²) in [5, 5.41) is 3.04. The first-order chi connectivity index (χ1) is 12.2. The van der Waals surface area contributed by atoms with Crippen LogP contribution in [0.3, 0.4) is 0 Å². The minimum atomic E-state index is -0.129. The monoisotopic (exact) mass is 344 g/mol. The van der Waals surface area contributed by atoms with Crippen molar-refractivity contribution in [1.82, 2.24) is 10.2 Å². The molecule has 0 bridgehead atoms. The summed E-state index contributed by atoms with van der Waals surface area (Å²) in [5.74, 6) is 0.677. The van der Waals surface area contributed by atoms with E-state index in [2.05, 4.69) is 11.9 Å². The van der Waals surface area contributed by atoms with Crippen LogP contribution >= 0.6 is 0 Å². The summed E-state index contributed by atoms with van der Waals surface area (Å²) >= 11 is 0. The van der Waals surface area contributed by atoms with Gasteiger partial charge in [0.05, 0.1) is 6.04 Å². The van der Waals surface area contributed by atoms with Crippen molar-refractivity contribution in [2.45, 2.75) is 45.1 Å². The topological polar surface area (TPSA) is 58.6 Å². The number of para-hydroxylation sites is 1. The lowest BCUT2D eigenvalue weighted by Crippen LogP contribution is -2.32. The van der Waals surface area contributed by atoms with Gasteiger partial charge in [-0.3, -0.25) is 9.59 Å². The van der Waals surface area contributed by atoms with E-state index in [1.807, 2.05) is 36.1 Å². The van der Waals surface area contributed by atoms with E-state index < -0.39 is 0 Å². The summed E-state index contributed by atoms with van der Waals surface area (Å²) in [5.41, 5.74) is 0.908. The summed E-state index contributed by atoms with van der Waals surface area (Å²) in [6, 6.07) is 7.47. The lowest BCUT2D eigenvalue weighted by atomic mass is 10.0. The average Bonchev–Trinajstić information content (AvgIpc) is 3.17. The quantitative estimate of drug-likeness (QED) is 0.700. The van der Waals surface area contributed by atoms with Crippen LogP contribution in [0.1, 0.15) is 50.6 Å². The molecule has 0 saturated carbocycles. The van der Waals surface area contributed by atoms with Gasteiger partial charge in [0.15, 0.2) is 6.61 Å². The van der Waals surface area contributed by atoms with Crippen LogP contribution in [0.4, 0.5) is 0 Å². The fraction of sp³-hybridized carbons (Fsp3) is 0.500. The zero-order chi connectivity index (χ0) is 18.1. The highest BCUT2D eigenvalue weighted by Crippen LogP contribution is 2.27. The van der Waals surface area contributed by atoms with E-state index in [1.54, 1.807) is 6.08 Å². The summed E-state index contributed by atoms with van der Waals surface area (Å²) in [7, 11) is 0. The highest BCUT2D eigenvalue weighted by Gasteiger charge is 2.20. The Labute approximate surface area is 150 Å². The van der Waals surface area contributed by atoms with Gasteiger partial charge < -0.3 is 15.0 Å². The SMILES string of the molecule is C=CCCC(=O)N[C@@H](CC)c1ccccc1OCC(=O)N1CCCC1. The van der Waals surface area contributed by atoms with Crippen LogP contribution in [0, 0.1) is 0 Å². The number of benzene rings is 1. The van der Waals surface area contributed by atoms with E-state index in [0.717, 1.165) is 37.9 Å². The maximum atomic E-state index is 12.2. The minimum Gasteiger partial charge on any atom is -0.483 e. The maximum absolute atomic E-state index is 12.2. The highest BCUT2D eigenvalue weighted by molar-refractivity contribution is 5.78. The summed E-state index contributed by atoms with van der Waals surface area (Å²) in [6.07, 6.45) is 5.71. The average molecular weight is 344 g/mol. The second-order valence-corrected chi connectivity index (χ2v) is 6.27. The molecule has 1 N–H and O–H groups in total. The maximum Gasteiger partial charge on any atom is 0.260 e. The third-order valence-corrected chi connectivity index (χ3v) is 4.42. The van der Waals surface area contributed by atoms with Crippen molar-refractivity contribution in [3.05, 3.63) is 42.5 Å². The van der Waals surface area contributed by atoms with Crippen molar-refractivity contribution >= 4 is 11.8 Å². The van der Waals surface area contributed by atoms with Gasteiger partial charge in [-0.25, -0.2) is 0 Å². The van der Waals surface area contributed by atoms with Crippen molar-refractivity contribution < 1.29 is 14.3 Å². The molecule has 5 heteroatoms. The molecule has 1 aliphatic heterocycles. The van der Waals surface area contributed by atoms with E-state index in [1.165, 1.54) is 0 Å². The number of rotatable bonds is 9. The van der Waals surface area contributed by atoms with Crippen LogP contribution in [-0.4, -0.2) is 36.4 Å². The Hall–Kier alpha value is -2.30. The third kappa shape index (κ3) is 5.62. The zero-order valence-electron chi connectivity index (χ0n) is 15.0.